The van der Waals surface area contributed by atoms with E-state index < -0.39 is 83.8 Å². The number of hydrogen-bond donors (Lipinski definition) is 1. The van der Waals surface area contributed by atoms with Crippen molar-refractivity contribution in [2.75, 3.05) is 11.1 Å². The molecule has 7 nitrogen and oxygen atoms in total. The van der Waals surface area contributed by atoms with Crippen LogP contribution in [0.4, 0.5) is 50.9 Å². The summed E-state index contributed by atoms with van der Waals surface area (Å²) in [5.41, 5.74) is -7.49. The van der Waals surface area contributed by atoms with E-state index in [2.05, 4.69) is 0 Å². The molecule has 1 unspecified atom stereocenters. The zero-order valence-electron chi connectivity index (χ0n) is 17.5. The highest BCUT2D eigenvalue weighted by molar-refractivity contribution is 7.91. The first kappa shape index (κ1) is 28.9. The average Bonchev–Trinajstić information content (AvgIpc) is 2.71. The molecule has 0 aliphatic heterocycles. The van der Waals surface area contributed by atoms with Gasteiger partial charge in [0.1, 0.15) is 5.56 Å². The topological polar surface area (TPSA) is 106 Å². The molecule has 1 N–H and O–H groups in total. The first-order chi connectivity index (χ1) is 16.1. The molecule has 2 rings (SSSR count). The van der Waals surface area contributed by atoms with Crippen molar-refractivity contribution in [2.45, 2.75) is 30.3 Å². The standard InChI is InChI=1S/C19H13F9N2O5S/c1-9(16(31)29-12-2-3-15(30(32)33)14(7-12)19(26,27)28)8-36(34,35)13-5-10(17(20,21)22)4-11(6-13)18(23,24)25/h2-7,9H,8H2,1H3,(H,29,31). The number of hydrogen-bond acceptors (Lipinski definition) is 5. The fraction of sp³-hybridized carbons (Fsp3) is 0.316. The summed E-state index contributed by atoms with van der Waals surface area (Å²) in [5.74, 6) is -4.26. The van der Waals surface area contributed by atoms with Gasteiger partial charge in [0.2, 0.25) is 5.91 Å². The molecule has 1 amide bonds. The SMILES string of the molecule is CC(CS(=O)(=O)c1cc(C(F)(F)F)cc(C(F)(F)F)c1)C(=O)Nc1ccc([N+](=O)[O-])c(C(F)(F)F)c1. The van der Waals surface area contributed by atoms with Crippen molar-refractivity contribution >= 4 is 27.1 Å². The van der Waals surface area contributed by atoms with Crippen LogP contribution in [0.25, 0.3) is 0 Å². The van der Waals surface area contributed by atoms with Gasteiger partial charge >= 0.3 is 18.5 Å². The molecule has 0 radical (unpaired) electrons. The van der Waals surface area contributed by atoms with Gasteiger partial charge in [0.25, 0.3) is 5.69 Å². The van der Waals surface area contributed by atoms with Crippen LogP contribution in [0.15, 0.2) is 41.3 Å². The molecule has 0 saturated carbocycles. The zero-order chi connectivity index (χ0) is 27.9. The van der Waals surface area contributed by atoms with Crippen molar-refractivity contribution in [1.29, 1.82) is 0 Å². The van der Waals surface area contributed by atoms with Crippen LogP contribution < -0.4 is 5.32 Å². The van der Waals surface area contributed by atoms with Gasteiger partial charge in [-0.2, -0.15) is 39.5 Å². The van der Waals surface area contributed by atoms with Crippen LogP contribution in [0, 0.1) is 16.0 Å². The Hall–Kier alpha value is -3.37. The average molecular weight is 552 g/mol. The van der Waals surface area contributed by atoms with Gasteiger partial charge in [-0.25, -0.2) is 8.42 Å². The molecule has 0 spiro atoms. The first-order valence-corrected chi connectivity index (χ1v) is 11.0. The highest BCUT2D eigenvalue weighted by Crippen LogP contribution is 2.39. The zero-order valence-corrected chi connectivity index (χ0v) is 18.4. The van der Waals surface area contributed by atoms with Crippen molar-refractivity contribution < 1.29 is 57.6 Å². The Labute approximate surface area is 196 Å². The molecular formula is C19H13F9N2O5S. The smallest absolute Gasteiger partial charge is 0.326 e. The van der Waals surface area contributed by atoms with Gasteiger partial charge in [-0.1, -0.05) is 6.92 Å². The van der Waals surface area contributed by atoms with Crippen molar-refractivity contribution in [2.24, 2.45) is 5.92 Å². The van der Waals surface area contributed by atoms with Gasteiger partial charge in [0.05, 0.1) is 26.7 Å². The second-order valence-electron chi connectivity index (χ2n) is 7.40. The summed E-state index contributed by atoms with van der Waals surface area (Å²) in [4.78, 5) is 20.4. The Kier molecular flexibility index (Phi) is 7.69. The number of rotatable bonds is 6. The molecule has 198 valence electrons. The second kappa shape index (κ2) is 9.59. The lowest BCUT2D eigenvalue weighted by Crippen LogP contribution is -2.27. The van der Waals surface area contributed by atoms with E-state index in [1.54, 1.807) is 0 Å². The molecule has 0 aliphatic rings. The molecule has 0 bridgehead atoms. The minimum Gasteiger partial charge on any atom is -0.326 e. The van der Waals surface area contributed by atoms with Crippen molar-refractivity contribution in [3.05, 3.63) is 63.2 Å². The van der Waals surface area contributed by atoms with Crippen LogP contribution in [0.5, 0.6) is 0 Å². The quantitative estimate of drug-likeness (QED) is 0.281. The summed E-state index contributed by atoms with van der Waals surface area (Å²) in [6, 6.07) is 0.986. The van der Waals surface area contributed by atoms with E-state index in [4.69, 9.17) is 0 Å². The predicted molar refractivity (Wildman–Crippen MR) is 104 cm³/mol. The molecule has 2 aromatic carbocycles. The maximum atomic E-state index is 13.1. The van der Waals surface area contributed by atoms with Crippen LogP contribution in [-0.2, 0) is 33.2 Å². The van der Waals surface area contributed by atoms with Gasteiger partial charge in [-0.05, 0) is 30.3 Å². The number of nitro benzene ring substituents is 1. The van der Waals surface area contributed by atoms with Crippen LogP contribution >= 0.6 is 0 Å². The number of nitrogens with zero attached hydrogens (tertiary/aromatic N) is 1. The molecule has 0 saturated heterocycles. The lowest BCUT2D eigenvalue weighted by molar-refractivity contribution is -0.388. The Morgan fingerprint density at radius 1 is 0.917 bits per heavy atom. The van der Waals surface area contributed by atoms with E-state index in [1.807, 2.05) is 5.32 Å². The monoisotopic (exact) mass is 552 g/mol. The van der Waals surface area contributed by atoms with E-state index in [1.165, 1.54) is 0 Å². The van der Waals surface area contributed by atoms with Gasteiger partial charge in [-0.15, -0.1) is 0 Å². The normalized spacial score (nSPS) is 13.8. The van der Waals surface area contributed by atoms with Gasteiger partial charge in [-0.3, -0.25) is 14.9 Å². The van der Waals surface area contributed by atoms with E-state index in [-0.39, 0.29) is 24.3 Å². The molecule has 0 heterocycles. The van der Waals surface area contributed by atoms with Crippen molar-refractivity contribution in [3.8, 4) is 0 Å². The van der Waals surface area contributed by atoms with E-state index in [0.29, 0.717) is 6.07 Å². The molecule has 0 aromatic heterocycles. The Morgan fingerprint density at radius 3 is 1.83 bits per heavy atom. The lowest BCUT2D eigenvalue weighted by Gasteiger charge is -2.16. The molecule has 36 heavy (non-hydrogen) atoms. The molecule has 0 fully saturated rings. The number of benzene rings is 2. The third-order valence-electron chi connectivity index (χ3n) is 4.60. The van der Waals surface area contributed by atoms with Crippen LogP contribution in [0.1, 0.15) is 23.6 Å². The molecule has 2 aromatic rings. The van der Waals surface area contributed by atoms with Crippen molar-refractivity contribution in [3.63, 3.8) is 0 Å². The third-order valence-corrected chi connectivity index (χ3v) is 6.50. The predicted octanol–water partition coefficient (Wildman–Crippen LogP) is 5.70. The number of carbonyl (C=O) groups excluding carboxylic acids is 1. The number of alkyl halides is 9. The third kappa shape index (κ3) is 6.86. The van der Waals surface area contributed by atoms with E-state index in [0.717, 1.165) is 13.0 Å². The summed E-state index contributed by atoms with van der Waals surface area (Å²) in [5, 5.41) is 12.7. The fourth-order valence-corrected chi connectivity index (χ4v) is 4.49. The molecule has 17 heteroatoms. The van der Waals surface area contributed by atoms with Gasteiger partial charge < -0.3 is 5.32 Å². The number of nitrogens with one attached hydrogen (secondary N) is 1. The summed E-state index contributed by atoms with van der Waals surface area (Å²) in [7, 11) is -4.94. The molecule has 1 atom stereocenters. The maximum absolute atomic E-state index is 13.1. The van der Waals surface area contributed by atoms with Crippen LogP contribution in [0.2, 0.25) is 0 Å². The number of carbonyl (C=O) groups is 1. The first-order valence-electron chi connectivity index (χ1n) is 9.31. The minimum atomic E-state index is -5.33. The Morgan fingerprint density at radius 2 is 1.42 bits per heavy atom. The lowest BCUT2D eigenvalue weighted by atomic mass is 10.1. The highest BCUT2D eigenvalue weighted by Gasteiger charge is 2.40. The number of nitro groups is 1. The van der Waals surface area contributed by atoms with Gasteiger partial charge in [0, 0.05) is 17.7 Å². The Balaban J connectivity index is 2.35. The highest BCUT2D eigenvalue weighted by atomic mass is 32.2. The number of amides is 1. The molecular weight excluding hydrogens is 539 g/mol. The van der Waals surface area contributed by atoms with Crippen molar-refractivity contribution in [1.82, 2.24) is 0 Å². The fourth-order valence-electron chi connectivity index (χ4n) is 2.87. The largest absolute Gasteiger partial charge is 0.423 e. The molecule has 0 aliphatic carbocycles. The Bertz CT molecular complexity index is 1250. The second-order valence-corrected chi connectivity index (χ2v) is 9.43. The summed E-state index contributed by atoms with van der Waals surface area (Å²) >= 11 is 0. The minimum absolute atomic E-state index is 0.0405. The number of anilines is 1. The number of sulfone groups is 1. The summed E-state index contributed by atoms with van der Waals surface area (Å²) in [6.07, 6.45) is -15.9. The summed E-state index contributed by atoms with van der Waals surface area (Å²) in [6.45, 7) is 0.904. The number of halogens is 9. The summed E-state index contributed by atoms with van der Waals surface area (Å²) < 4.78 is 142. The van der Waals surface area contributed by atoms with Gasteiger partial charge in [0.15, 0.2) is 9.84 Å². The van der Waals surface area contributed by atoms with E-state index >= 15 is 0 Å². The van der Waals surface area contributed by atoms with Crippen LogP contribution in [-0.4, -0.2) is 25.0 Å². The van der Waals surface area contributed by atoms with Crippen LogP contribution in [0.3, 0.4) is 0 Å². The maximum Gasteiger partial charge on any atom is 0.423 e. The van der Waals surface area contributed by atoms with E-state index in [9.17, 15) is 62.8 Å².